The molecular weight excluding hydrogens is 519 g/mol. The van der Waals surface area contributed by atoms with Gasteiger partial charge in [0.15, 0.2) is 5.11 Å². The highest BCUT2D eigenvalue weighted by Crippen LogP contribution is 2.29. The van der Waals surface area contributed by atoms with Gasteiger partial charge < -0.3 is 16.0 Å². The van der Waals surface area contributed by atoms with Gasteiger partial charge in [-0.15, -0.1) is 0 Å². The third kappa shape index (κ3) is 5.93. The average Bonchev–Trinajstić information content (AvgIpc) is 2.67. The molecule has 29 heavy (non-hydrogen) atoms. The van der Waals surface area contributed by atoms with E-state index in [0.29, 0.717) is 11.3 Å². The number of benzene rings is 2. The lowest BCUT2D eigenvalue weighted by molar-refractivity contribution is 0.0934. The van der Waals surface area contributed by atoms with Crippen LogP contribution in [0.1, 0.15) is 10.4 Å². The number of alkyl halides is 3. The first kappa shape index (κ1) is 22.1. The van der Waals surface area contributed by atoms with Crippen LogP contribution in [0.5, 0.6) is 0 Å². The summed E-state index contributed by atoms with van der Waals surface area (Å²) in [5.41, 5.74) is 1.83. The van der Waals surface area contributed by atoms with Crippen LogP contribution in [0.2, 0.25) is 0 Å². The summed E-state index contributed by atoms with van der Waals surface area (Å²) in [6, 6.07) is 16.2. The number of nitrogens with one attached hydrogen (secondary N) is 3. The molecule has 1 atom stereocenters. The Balaban J connectivity index is 1.73. The Kier molecular flexibility index (Phi) is 7.19. The summed E-state index contributed by atoms with van der Waals surface area (Å²) in [5.74, 6) is -0.420. The number of hydrogen-bond donors (Lipinski definition) is 3. The van der Waals surface area contributed by atoms with Crippen molar-refractivity contribution in [1.29, 1.82) is 0 Å². The number of aromatic nitrogens is 1. The van der Waals surface area contributed by atoms with E-state index in [1.54, 1.807) is 30.5 Å². The van der Waals surface area contributed by atoms with Crippen LogP contribution >= 0.6 is 63.0 Å². The summed E-state index contributed by atoms with van der Waals surface area (Å²) in [4.78, 5) is 16.9. The van der Waals surface area contributed by atoms with Crippen LogP contribution in [-0.4, -0.2) is 26.0 Å². The molecule has 0 saturated carbocycles. The molecule has 0 aliphatic heterocycles. The van der Waals surface area contributed by atoms with Crippen molar-refractivity contribution in [2.45, 2.75) is 9.96 Å². The Morgan fingerprint density at radius 2 is 1.72 bits per heavy atom. The minimum atomic E-state index is -1.85. The van der Waals surface area contributed by atoms with Gasteiger partial charge in [-0.1, -0.05) is 68.9 Å². The minimum absolute atomic E-state index is 0.163. The molecule has 3 rings (SSSR count). The van der Waals surface area contributed by atoms with E-state index in [0.717, 1.165) is 15.4 Å². The van der Waals surface area contributed by atoms with Gasteiger partial charge in [0.25, 0.3) is 5.91 Å². The Bertz CT molecular complexity index is 1040. The monoisotopic (exact) mass is 530 g/mol. The molecular formula is C19H14BrCl3N4OS. The molecule has 150 valence electrons. The van der Waals surface area contributed by atoms with Crippen LogP contribution in [0.3, 0.4) is 0 Å². The van der Waals surface area contributed by atoms with Crippen molar-refractivity contribution in [2.24, 2.45) is 0 Å². The van der Waals surface area contributed by atoms with Crippen LogP contribution in [-0.2, 0) is 0 Å². The Morgan fingerprint density at radius 3 is 2.41 bits per heavy atom. The molecule has 2 aromatic carbocycles. The molecule has 0 fully saturated rings. The van der Waals surface area contributed by atoms with Crippen LogP contribution in [0.4, 0.5) is 5.69 Å². The number of rotatable bonds is 4. The van der Waals surface area contributed by atoms with Gasteiger partial charge in [-0.2, -0.15) is 0 Å². The molecule has 1 aromatic heterocycles. The van der Waals surface area contributed by atoms with Crippen LogP contribution in [0, 0.1) is 0 Å². The van der Waals surface area contributed by atoms with Gasteiger partial charge in [0.1, 0.15) is 6.17 Å². The predicted octanol–water partition coefficient (Wildman–Crippen LogP) is 5.41. The highest BCUT2D eigenvalue weighted by atomic mass is 79.9. The third-order valence-corrected chi connectivity index (χ3v) is 5.27. The fourth-order valence-corrected chi connectivity index (χ4v) is 3.33. The second kappa shape index (κ2) is 9.45. The maximum absolute atomic E-state index is 12.5. The number of thiocarbonyl (C=S) groups is 1. The number of para-hydroxylation sites is 1. The lowest BCUT2D eigenvalue weighted by Crippen LogP contribution is -2.56. The zero-order valence-corrected chi connectivity index (χ0v) is 19.3. The minimum Gasteiger partial charge on any atom is -0.339 e. The van der Waals surface area contributed by atoms with Crippen molar-refractivity contribution in [3.63, 3.8) is 0 Å². The standard InChI is InChI=1S/C19H14BrCl3N4OS/c20-13-8-6-12(7-9-13)16(28)26-17(19(21,22)23)27-18(29)25-14-5-1-3-11-4-2-10-24-15(11)14/h1-10,17H,(H,26,28)(H2,25,27,29). The molecule has 5 nitrogen and oxygen atoms in total. The number of amides is 1. The van der Waals surface area contributed by atoms with E-state index in [-0.39, 0.29) is 5.11 Å². The third-order valence-electron chi connectivity index (χ3n) is 3.87. The average molecular weight is 533 g/mol. The molecule has 1 amide bonds. The SMILES string of the molecule is O=C(NC(NC(=S)Nc1cccc2cccnc12)C(Cl)(Cl)Cl)c1ccc(Br)cc1. The highest BCUT2D eigenvalue weighted by Gasteiger charge is 2.35. The van der Waals surface area contributed by atoms with Gasteiger partial charge in [0.2, 0.25) is 3.79 Å². The molecule has 0 radical (unpaired) electrons. The first-order chi connectivity index (χ1) is 13.7. The maximum Gasteiger partial charge on any atom is 0.252 e. The van der Waals surface area contributed by atoms with E-state index in [4.69, 9.17) is 47.0 Å². The van der Waals surface area contributed by atoms with Crippen molar-refractivity contribution in [3.8, 4) is 0 Å². The fourth-order valence-electron chi connectivity index (χ4n) is 2.51. The first-order valence-corrected chi connectivity index (χ1v) is 10.6. The highest BCUT2D eigenvalue weighted by molar-refractivity contribution is 9.10. The number of hydrogen-bond acceptors (Lipinski definition) is 3. The zero-order valence-electron chi connectivity index (χ0n) is 14.6. The van der Waals surface area contributed by atoms with Crippen molar-refractivity contribution in [2.75, 3.05) is 5.32 Å². The molecule has 3 aromatic rings. The van der Waals surface area contributed by atoms with Gasteiger partial charge in [-0.05, 0) is 48.6 Å². The largest absolute Gasteiger partial charge is 0.339 e. The van der Waals surface area contributed by atoms with Gasteiger partial charge >= 0.3 is 0 Å². The number of fused-ring (bicyclic) bond motifs is 1. The van der Waals surface area contributed by atoms with Crippen LogP contribution < -0.4 is 16.0 Å². The van der Waals surface area contributed by atoms with E-state index in [1.165, 1.54) is 0 Å². The van der Waals surface area contributed by atoms with Gasteiger partial charge in [0.05, 0.1) is 11.2 Å². The molecule has 3 N–H and O–H groups in total. The number of nitrogens with zero attached hydrogens (tertiary/aromatic N) is 1. The first-order valence-electron chi connectivity index (χ1n) is 8.28. The van der Waals surface area contributed by atoms with E-state index in [2.05, 4.69) is 36.9 Å². The smallest absolute Gasteiger partial charge is 0.252 e. The fraction of sp³-hybridized carbons (Fsp3) is 0.105. The molecule has 0 saturated heterocycles. The lowest BCUT2D eigenvalue weighted by Gasteiger charge is -2.28. The Labute approximate surface area is 196 Å². The number of anilines is 1. The number of halogens is 4. The summed E-state index contributed by atoms with van der Waals surface area (Å²) < 4.78 is -1.01. The molecule has 10 heteroatoms. The van der Waals surface area contributed by atoms with E-state index in [9.17, 15) is 4.79 Å². The van der Waals surface area contributed by atoms with Crippen molar-refractivity contribution >= 4 is 90.6 Å². The topological polar surface area (TPSA) is 66.1 Å². The van der Waals surface area contributed by atoms with Crippen molar-refractivity contribution < 1.29 is 4.79 Å². The maximum atomic E-state index is 12.5. The van der Waals surface area contributed by atoms with Gasteiger partial charge in [-0.25, -0.2) is 0 Å². The molecule has 0 bridgehead atoms. The van der Waals surface area contributed by atoms with E-state index < -0.39 is 15.9 Å². The molecule has 0 spiro atoms. The quantitative estimate of drug-likeness (QED) is 0.238. The summed E-state index contributed by atoms with van der Waals surface area (Å²) in [5, 5.41) is 9.62. The van der Waals surface area contributed by atoms with E-state index in [1.807, 2.05) is 30.3 Å². The summed E-state index contributed by atoms with van der Waals surface area (Å²) in [6.45, 7) is 0. The zero-order chi connectivity index (χ0) is 21.0. The van der Waals surface area contributed by atoms with Gasteiger partial charge in [0, 0.05) is 21.6 Å². The number of carbonyl (C=O) groups is 1. The second-order valence-electron chi connectivity index (χ2n) is 5.93. The molecule has 1 heterocycles. The molecule has 0 aliphatic carbocycles. The Morgan fingerprint density at radius 1 is 1.03 bits per heavy atom. The van der Waals surface area contributed by atoms with Gasteiger partial charge in [-0.3, -0.25) is 9.78 Å². The lowest BCUT2D eigenvalue weighted by atomic mass is 10.2. The number of carbonyl (C=O) groups excluding carboxylic acids is 1. The van der Waals surface area contributed by atoms with Crippen molar-refractivity contribution in [1.82, 2.24) is 15.6 Å². The summed E-state index contributed by atoms with van der Waals surface area (Å²) >= 11 is 26.8. The summed E-state index contributed by atoms with van der Waals surface area (Å²) in [7, 11) is 0. The second-order valence-corrected chi connectivity index (χ2v) is 9.63. The predicted molar refractivity (Wildman–Crippen MR) is 127 cm³/mol. The molecule has 1 unspecified atom stereocenters. The van der Waals surface area contributed by atoms with Crippen LogP contribution in [0.25, 0.3) is 10.9 Å². The normalized spacial score (nSPS) is 12.3. The summed E-state index contributed by atoms with van der Waals surface area (Å²) in [6.07, 6.45) is 0.610. The van der Waals surface area contributed by atoms with Crippen LogP contribution in [0.15, 0.2) is 65.3 Å². The Hall–Kier alpha value is -1.64. The van der Waals surface area contributed by atoms with E-state index >= 15 is 0 Å². The van der Waals surface area contributed by atoms with Crippen molar-refractivity contribution in [3.05, 3.63) is 70.8 Å². The number of pyridine rings is 1. The molecule has 0 aliphatic rings.